The zero-order valence-electron chi connectivity index (χ0n) is 13.8. The molecule has 0 bridgehead atoms. The molecule has 1 heterocycles. The first-order valence-corrected chi connectivity index (χ1v) is 8.95. The van der Waals surface area contributed by atoms with Crippen molar-refractivity contribution in [3.8, 4) is 5.75 Å². The van der Waals surface area contributed by atoms with Crippen LogP contribution in [-0.2, 0) is 0 Å². The van der Waals surface area contributed by atoms with E-state index in [1.807, 2.05) is 32.9 Å². The molecule has 0 radical (unpaired) electrons. The van der Waals surface area contributed by atoms with Crippen LogP contribution in [0.4, 0.5) is 0 Å². The van der Waals surface area contributed by atoms with Crippen molar-refractivity contribution in [2.24, 2.45) is 0 Å². The minimum absolute atomic E-state index is 0.284. The zero-order chi connectivity index (χ0) is 16.4. The van der Waals surface area contributed by atoms with Crippen molar-refractivity contribution in [3.05, 3.63) is 35.2 Å². The number of hydrogen-bond acceptors (Lipinski definition) is 5. The lowest BCUT2D eigenvalue weighted by molar-refractivity contribution is 0.126. The lowest BCUT2D eigenvalue weighted by Crippen LogP contribution is -2.20. The van der Waals surface area contributed by atoms with E-state index in [1.54, 1.807) is 11.8 Å². The van der Waals surface area contributed by atoms with Gasteiger partial charge in [0.25, 0.3) is 0 Å². The van der Waals surface area contributed by atoms with Gasteiger partial charge in [-0.2, -0.15) is 0 Å². The molecule has 23 heavy (non-hydrogen) atoms. The molecule has 0 saturated heterocycles. The van der Waals surface area contributed by atoms with Crippen LogP contribution in [0.1, 0.15) is 35.8 Å². The van der Waals surface area contributed by atoms with Gasteiger partial charge in [-0.3, -0.25) is 0 Å². The first-order valence-electron chi connectivity index (χ1n) is 7.96. The largest absolute Gasteiger partial charge is 0.491 e. The lowest BCUT2D eigenvalue weighted by atomic mass is 10.1. The zero-order valence-corrected chi connectivity index (χ0v) is 14.6. The maximum atomic E-state index is 10.2. The number of nitrogens with zero attached hydrogens (tertiary/aromatic N) is 3. The number of ether oxygens (including phenoxy) is 1. The molecule has 0 amide bonds. The van der Waals surface area contributed by atoms with Crippen LogP contribution in [0.15, 0.2) is 23.4 Å². The van der Waals surface area contributed by atoms with Gasteiger partial charge in [-0.05, 0) is 56.9 Å². The van der Waals surface area contributed by atoms with Gasteiger partial charge in [-0.25, -0.2) is 0 Å². The van der Waals surface area contributed by atoms with Gasteiger partial charge < -0.3 is 14.4 Å². The number of rotatable bonds is 7. The fourth-order valence-electron chi connectivity index (χ4n) is 2.63. The summed E-state index contributed by atoms with van der Waals surface area (Å²) in [6.07, 6.45) is 1.86. The van der Waals surface area contributed by atoms with Crippen molar-refractivity contribution in [2.45, 2.75) is 50.9 Å². The molecule has 0 aliphatic heterocycles. The van der Waals surface area contributed by atoms with Crippen LogP contribution >= 0.6 is 11.8 Å². The molecule has 1 unspecified atom stereocenters. The van der Waals surface area contributed by atoms with Gasteiger partial charge in [-0.1, -0.05) is 17.8 Å². The summed E-state index contributed by atoms with van der Waals surface area (Å²) in [5.74, 6) is 2.31. The topological polar surface area (TPSA) is 60.2 Å². The molecular weight excluding hydrogens is 310 g/mol. The average molecular weight is 333 g/mol. The minimum Gasteiger partial charge on any atom is -0.491 e. The molecule has 124 valence electrons. The first-order chi connectivity index (χ1) is 11.0. The summed E-state index contributed by atoms with van der Waals surface area (Å²) in [6, 6.07) is 6.63. The quantitative estimate of drug-likeness (QED) is 0.789. The summed E-state index contributed by atoms with van der Waals surface area (Å²) in [6.45, 7) is 6.35. The monoisotopic (exact) mass is 333 g/mol. The predicted octanol–water partition coefficient (Wildman–Crippen LogP) is 3.07. The van der Waals surface area contributed by atoms with Gasteiger partial charge in [0, 0.05) is 11.8 Å². The predicted molar refractivity (Wildman–Crippen MR) is 91.2 cm³/mol. The standard InChI is InChI=1S/C17H23N3O2S/c1-11-6-12(2)8-16(7-11)22-9-15(21)10-23-17-19-18-13(3)20(17)14-4-5-14/h6-8,14-15,21H,4-5,9-10H2,1-3H3. The van der Waals surface area contributed by atoms with E-state index < -0.39 is 6.10 Å². The highest BCUT2D eigenvalue weighted by molar-refractivity contribution is 7.99. The van der Waals surface area contributed by atoms with Crippen LogP contribution < -0.4 is 4.74 Å². The molecule has 2 aromatic rings. The van der Waals surface area contributed by atoms with Gasteiger partial charge in [0.2, 0.25) is 0 Å². The summed E-state index contributed by atoms with van der Waals surface area (Å²) >= 11 is 1.55. The fraction of sp³-hybridized carbons (Fsp3) is 0.529. The third-order valence-corrected chi connectivity index (χ3v) is 4.88. The van der Waals surface area contributed by atoms with Crippen LogP contribution in [0.25, 0.3) is 0 Å². The molecule has 1 aromatic carbocycles. The smallest absolute Gasteiger partial charge is 0.191 e. The highest BCUT2D eigenvalue weighted by Gasteiger charge is 2.28. The molecular formula is C17H23N3O2S. The Hall–Kier alpha value is -1.53. The van der Waals surface area contributed by atoms with Crippen LogP contribution in [0.5, 0.6) is 5.75 Å². The Morgan fingerprint density at radius 3 is 2.57 bits per heavy atom. The van der Waals surface area contributed by atoms with Gasteiger partial charge >= 0.3 is 0 Å². The van der Waals surface area contributed by atoms with Crippen LogP contribution in [-0.4, -0.2) is 38.3 Å². The lowest BCUT2D eigenvalue weighted by Gasteiger charge is -2.13. The molecule has 3 rings (SSSR count). The molecule has 1 aliphatic rings. The second-order valence-corrected chi connectivity index (χ2v) is 7.22. The first kappa shape index (κ1) is 16.3. The summed E-state index contributed by atoms with van der Waals surface area (Å²) in [5, 5.41) is 19.4. The SMILES string of the molecule is Cc1cc(C)cc(OCC(O)CSc2nnc(C)n2C2CC2)c1. The van der Waals surface area contributed by atoms with E-state index >= 15 is 0 Å². The van der Waals surface area contributed by atoms with Crippen molar-refractivity contribution in [3.63, 3.8) is 0 Å². The summed E-state index contributed by atoms with van der Waals surface area (Å²) < 4.78 is 7.89. The Morgan fingerprint density at radius 1 is 1.22 bits per heavy atom. The molecule has 1 fully saturated rings. The Bertz CT molecular complexity index is 662. The Balaban J connectivity index is 1.51. The van der Waals surface area contributed by atoms with Crippen molar-refractivity contribution in [2.75, 3.05) is 12.4 Å². The van der Waals surface area contributed by atoms with Gasteiger partial charge in [-0.15, -0.1) is 10.2 Å². The highest BCUT2D eigenvalue weighted by atomic mass is 32.2. The number of benzene rings is 1. The van der Waals surface area contributed by atoms with Crippen molar-refractivity contribution in [1.29, 1.82) is 0 Å². The fourth-order valence-corrected chi connectivity index (χ4v) is 3.59. The van der Waals surface area contributed by atoms with E-state index in [0.29, 0.717) is 11.8 Å². The van der Waals surface area contributed by atoms with E-state index in [9.17, 15) is 5.11 Å². The van der Waals surface area contributed by atoms with Gasteiger partial charge in [0.1, 0.15) is 18.2 Å². The van der Waals surface area contributed by atoms with Crippen molar-refractivity contribution < 1.29 is 9.84 Å². The van der Waals surface area contributed by atoms with Crippen LogP contribution in [0, 0.1) is 20.8 Å². The molecule has 5 nitrogen and oxygen atoms in total. The number of aryl methyl sites for hydroxylation is 3. The average Bonchev–Trinajstić information content (AvgIpc) is 3.25. The Labute approximate surface area is 141 Å². The molecule has 1 aliphatic carbocycles. The van der Waals surface area contributed by atoms with Gasteiger partial charge in [0.05, 0.1) is 6.10 Å². The second kappa shape index (κ2) is 6.93. The molecule has 0 spiro atoms. The van der Waals surface area contributed by atoms with Crippen LogP contribution in [0.2, 0.25) is 0 Å². The number of aromatic nitrogens is 3. The Kier molecular flexibility index (Phi) is 4.92. The maximum Gasteiger partial charge on any atom is 0.191 e. The molecule has 6 heteroatoms. The summed E-state index contributed by atoms with van der Waals surface area (Å²) in [5.41, 5.74) is 2.33. The van der Waals surface area contributed by atoms with Crippen molar-refractivity contribution in [1.82, 2.24) is 14.8 Å². The number of aliphatic hydroxyl groups is 1. The minimum atomic E-state index is -0.537. The summed E-state index contributed by atoms with van der Waals surface area (Å²) in [7, 11) is 0. The number of aliphatic hydroxyl groups excluding tert-OH is 1. The van der Waals surface area contributed by atoms with E-state index in [0.717, 1.165) is 27.9 Å². The number of thioether (sulfide) groups is 1. The van der Waals surface area contributed by atoms with E-state index in [2.05, 4.69) is 20.8 Å². The normalized spacial score (nSPS) is 15.7. The maximum absolute atomic E-state index is 10.2. The van der Waals surface area contributed by atoms with E-state index in [1.165, 1.54) is 12.8 Å². The molecule has 1 atom stereocenters. The third kappa shape index (κ3) is 4.26. The molecule has 1 N–H and O–H groups in total. The highest BCUT2D eigenvalue weighted by Crippen LogP contribution is 2.38. The van der Waals surface area contributed by atoms with E-state index in [4.69, 9.17) is 4.74 Å². The molecule has 1 aromatic heterocycles. The Morgan fingerprint density at radius 2 is 1.91 bits per heavy atom. The third-order valence-electron chi connectivity index (χ3n) is 3.79. The van der Waals surface area contributed by atoms with E-state index in [-0.39, 0.29) is 6.61 Å². The van der Waals surface area contributed by atoms with Crippen molar-refractivity contribution >= 4 is 11.8 Å². The summed E-state index contributed by atoms with van der Waals surface area (Å²) in [4.78, 5) is 0. The van der Waals surface area contributed by atoms with Crippen LogP contribution in [0.3, 0.4) is 0 Å². The molecule has 1 saturated carbocycles. The number of hydrogen-bond donors (Lipinski definition) is 1. The second-order valence-electron chi connectivity index (χ2n) is 6.23. The van der Waals surface area contributed by atoms with Gasteiger partial charge in [0.15, 0.2) is 5.16 Å².